The number of nitrogens with zero attached hydrogens (tertiary/aromatic N) is 3. The van der Waals surface area contributed by atoms with Gasteiger partial charge in [0.25, 0.3) is 11.5 Å². The molecule has 2 aliphatic rings. The maximum Gasteiger partial charge on any atom is 0.258 e. The van der Waals surface area contributed by atoms with Gasteiger partial charge in [-0.15, -0.1) is 0 Å². The number of sulfone groups is 1. The molecule has 9 heteroatoms. The SMILES string of the molecule is Cc1ccc(C(=O)NC2CC2)cc1-c1ccc2c(=O)n(Cc3ccc(S(C)(=O)=O)cc3)cc(CN3CCCN(C)CC3)c2c1. The minimum atomic E-state index is -3.30. The predicted octanol–water partition coefficient (Wildman–Crippen LogP) is 4.46. The van der Waals surface area contributed by atoms with E-state index in [1.54, 1.807) is 28.8 Å². The Morgan fingerprint density at radius 3 is 2.41 bits per heavy atom. The Labute approximate surface area is 259 Å². The van der Waals surface area contributed by atoms with Gasteiger partial charge in [0.15, 0.2) is 9.84 Å². The molecule has 1 saturated carbocycles. The summed E-state index contributed by atoms with van der Waals surface area (Å²) < 4.78 is 25.6. The summed E-state index contributed by atoms with van der Waals surface area (Å²) in [6.07, 6.45) is 6.32. The number of hydrogen-bond acceptors (Lipinski definition) is 6. The lowest BCUT2D eigenvalue weighted by Crippen LogP contribution is -2.30. The molecule has 1 amide bonds. The molecule has 44 heavy (non-hydrogen) atoms. The maximum atomic E-state index is 13.9. The number of aromatic nitrogens is 1. The van der Waals surface area contributed by atoms with Crippen LogP contribution in [0.3, 0.4) is 0 Å². The molecule has 1 aliphatic carbocycles. The second-order valence-corrected chi connectivity index (χ2v) is 14.5. The van der Waals surface area contributed by atoms with E-state index < -0.39 is 9.84 Å². The molecule has 0 bridgehead atoms. The molecule has 2 heterocycles. The van der Waals surface area contributed by atoms with Crippen LogP contribution in [0.1, 0.15) is 46.3 Å². The molecule has 3 aromatic carbocycles. The summed E-state index contributed by atoms with van der Waals surface area (Å²) in [5, 5.41) is 4.65. The molecule has 0 radical (unpaired) electrons. The molecular formula is C35H40N4O4S. The van der Waals surface area contributed by atoms with E-state index in [0.29, 0.717) is 24.0 Å². The highest BCUT2D eigenvalue weighted by atomic mass is 32.2. The summed E-state index contributed by atoms with van der Waals surface area (Å²) in [5.74, 6) is -0.0474. The third-order valence-corrected chi connectivity index (χ3v) is 9.93. The molecule has 0 unspecified atom stereocenters. The minimum Gasteiger partial charge on any atom is -0.349 e. The molecule has 0 atom stereocenters. The zero-order valence-electron chi connectivity index (χ0n) is 25.7. The highest BCUT2D eigenvalue weighted by Crippen LogP contribution is 2.30. The number of rotatable bonds is 8. The van der Waals surface area contributed by atoms with E-state index in [4.69, 9.17) is 0 Å². The smallest absolute Gasteiger partial charge is 0.258 e. The third-order valence-electron chi connectivity index (χ3n) is 8.80. The fourth-order valence-corrected chi connectivity index (χ4v) is 6.62. The van der Waals surface area contributed by atoms with Crippen LogP contribution in [0, 0.1) is 6.92 Å². The first kappa shape index (κ1) is 30.2. The lowest BCUT2D eigenvalue weighted by molar-refractivity contribution is 0.0951. The summed E-state index contributed by atoms with van der Waals surface area (Å²) in [6.45, 7) is 7.08. The number of amides is 1. The minimum absolute atomic E-state index is 0.0474. The monoisotopic (exact) mass is 612 g/mol. The molecule has 1 N–H and O–H groups in total. The van der Waals surface area contributed by atoms with E-state index in [0.717, 1.165) is 78.6 Å². The van der Waals surface area contributed by atoms with Crippen molar-refractivity contribution in [3.05, 3.63) is 99.5 Å². The lowest BCUT2D eigenvalue weighted by Gasteiger charge is -2.22. The number of aryl methyl sites for hydroxylation is 1. The van der Waals surface area contributed by atoms with Gasteiger partial charge in [0, 0.05) is 49.1 Å². The van der Waals surface area contributed by atoms with Crippen molar-refractivity contribution in [2.24, 2.45) is 0 Å². The number of carbonyl (C=O) groups excluding carboxylic acids is 1. The molecule has 8 nitrogen and oxygen atoms in total. The zero-order valence-corrected chi connectivity index (χ0v) is 26.5. The molecule has 2 fully saturated rings. The number of carbonyl (C=O) groups is 1. The standard InChI is InChI=1S/C35H40N4O4S/c1-24-5-8-27(34(40)36-29-10-11-29)20-32(24)26-9-14-31-33(19-26)28(22-38-16-4-15-37(2)17-18-38)23-39(35(31)41)21-25-6-12-30(13-7-25)44(3,42)43/h5-9,12-14,19-20,23,29H,4,10-11,15-18,21-22H2,1-3H3,(H,36,40). The first-order chi connectivity index (χ1) is 21.0. The summed E-state index contributed by atoms with van der Waals surface area (Å²) in [4.78, 5) is 31.8. The molecule has 1 aromatic heterocycles. The first-order valence-corrected chi connectivity index (χ1v) is 17.2. The van der Waals surface area contributed by atoms with Crippen molar-refractivity contribution in [3.63, 3.8) is 0 Å². The number of hydrogen-bond donors (Lipinski definition) is 1. The van der Waals surface area contributed by atoms with Gasteiger partial charge in [0.05, 0.1) is 11.4 Å². The third kappa shape index (κ3) is 6.80. The molecule has 1 aliphatic heterocycles. The molecule has 0 spiro atoms. The van der Waals surface area contributed by atoms with E-state index in [1.807, 2.05) is 43.5 Å². The van der Waals surface area contributed by atoms with Gasteiger partial charge < -0.3 is 14.8 Å². The van der Waals surface area contributed by atoms with Gasteiger partial charge in [-0.05, 0) is 116 Å². The topological polar surface area (TPSA) is 91.7 Å². The number of pyridine rings is 1. The quantitative estimate of drug-likeness (QED) is 0.316. The Hall–Kier alpha value is -3.79. The highest BCUT2D eigenvalue weighted by molar-refractivity contribution is 7.90. The van der Waals surface area contributed by atoms with E-state index in [-0.39, 0.29) is 22.4 Å². The van der Waals surface area contributed by atoms with Crippen LogP contribution in [-0.4, -0.2) is 74.2 Å². The normalized spacial score (nSPS) is 16.6. The Balaban J connectivity index is 1.40. The fraction of sp³-hybridized carbons (Fsp3) is 0.371. The van der Waals surface area contributed by atoms with Gasteiger partial charge in [-0.2, -0.15) is 0 Å². The molecular weight excluding hydrogens is 572 g/mol. The van der Waals surface area contributed by atoms with Crippen LogP contribution in [0.25, 0.3) is 21.9 Å². The Morgan fingerprint density at radius 2 is 1.68 bits per heavy atom. The van der Waals surface area contributed by atoms with Gasteiger partial charge in [0.1, 0.15) is 0 Å². The summed E-state index contributed by atoms with van der Waals surface area (Å²) >= 11 is 0. The van der Waals surface area contributed by atoms with Crippen molar-refractivity contribution in [1.82, 2.24) is 19.7 Å². The Bertz CT molecular complexity index is 1880. The van der Waals surface area contributed by atoms with Gasteiger partial charge in [-0.1, -0.05) is 24.3 Å². The van der Waals surface area contributed by atoms with Gasteiger partial charge in [0.2, 0.25) is 0 Å². The summed E-state index contributed by atoms with van der Waals surface area (Å²) in [7, 11) is -1.15. The van der Waals surface area contributed by atoms with Crippen molar-refractivity contribution in [2.75, 3.05) is 39.5 Å². The summed E-state index contributed by atoms with van der Waals surface area (Å²) in [5.41, 5.74) is 5.49. The van der Waals surface area contributed by atoms with Crippen LogP contribution in [0.4, 0.5) is 0 Å². The fourth-order valence-electron chi connectivity index (χ4n) is 5.99. The van der Waals surface area contributed by atoms with Crippen LogP contribution < -0.4 is 10.9 Å². The van der Waals surface area contributed by atoms with Crippen LogP contribution in [0.15, 0.2) is 76.6 Å². The number of benzene rings is 3. The van der Waals surface area contributed by atoms with Crippen LogP contribution in [0.2, 0.25) is 0 Å². The van der Waals surface area contributed by atoms with E-state index in [9.17, 15) is 18.0 Å². The van der Waals surface area contributed by atoms with Crippen LogP contribution >= 0.6 is 0 Å². The second kappa shape index (κ2) is 12.3. The summed E-state index contributed by atoms with van der Waals surface area (Å²) in [6, 6.07) is 18.8. The molecule has 6 rings (SSSR count). The van der Waals surface area contributed by atoms with Crippen LogP contribution in [-0.2, 0) is 22.9 Å². The predicted molar refractivity (Wildman–Crippen MR) is 175 cm³/mol. The largest absolute Gasteiger partial charge is 0.349 e. The Kier molecular flexibility index (Phi) is 8.46. The Morgan fingerprint density at radius 1 is 0.909 bits per heavy atom. The van der Waals surface area contributed by atoms with Crippen molar-refractivity contribution < 1.29 is 13.2 Å². The number of fused-ring (bicyclic) bond motifs is 1. The van der Waals surface area contributed by atoms with Gasteiger partial charge in [-0.3, -0.25) is 14.5 Å². The average molecular weight is 613 g/mol. The highest BCUT2D eigenvalue weighted by Gasteiger charge is 2.24. The van der Waals surface area contributed by atoms with Gasteiger partial charge >= 0.3 is 0 Å². The average Bonchev–Trinajstić information content (AvgIpc) is 3.83. The van der Waals surface area contributed by atoms with E-state index in [1.165, 1.54) is 6.26 Å². The van der Waals surface area contributed by atoms with E-state index in [2.05, 4.69) is 28.2 Å². The number of likely N-dealkylation sites (N-methyl/N-ethyl adjacent to an activating group) is 1. The zero-order chi connectivity index (χ0) is 31.0. The first-order valence-electron chi connectivity index (χ1n) is 15.3. The van der Waals surface area contributed by atoms with Crippen molar-refractivity contribution >= 4 is 26.5 Å². The molecule has 230 valence electrons. The van der Waals surface area contributed by atoms with Crippen molar-refractivity contribution in [3.8, 4) is 11.1 Å². The number of nitrogens with one attached hydrogen (secondary N) is 1. The maximum absolute atomic E-state index is 13.9. The van der Waals surface area contributed by atoms with Crippen LogP contribution in [0.5, 0.6) is 0 Å². The second-order valence-electron chi connectivity index (χ2n) is 12.5. The molecule has 4 aromatic rings. The van der Waals surface area contributed by atoms with E-state index >= 15 is 0 Å². The van der Waals surface area contributed by atoms with Crippen molar-refractivity contribution in [1.29, 1.82) is 0 Å². The van der Waals surface area contributed by atoms with Crippen molar-refractivity contribution in [2.45, 2.75) is 50.2 Å². The van der Waals surface area contributed by atoms with Gasteiger partial charge in [-0.25, -0.2) is 8.42 Å². The lowest BCUT2D eigenvalue weighted by atomic mass is 9.94. The molecule has 1 saturated heterocycles.